The van der Waals surface area contributed by atoms with Crippen molar-refractivity contribution in [1.82, 2.24) is 0 Å². The summed E-state index contributed by atoms with van der Waals surface area (Å²) in [5.41, 5.74) is 3.17. The molecule has 1 heteroatoms. The van der Waals surface area contributed by atoms with Gasteiger partial charge in [-0.2, -0.15) is 0 Å². The number of benzene rings is 2. The molecule has 0 radical (unpaired) electrons. The van der Waals surface area contributed by atoms with Crippen LogP contribution in [0.15, 0.2) is 48.5 Å². The van der Waals surface area contributed by atoms with E-state index < -0.39 is 0 Å². The molecular weight excluding hydrogens is 415 g/mol. The highest BCUT2D eigenvalue weighted by atomic mass is 127. The van der Waals surface area contributed by atoms with Crippen molar-refractivity contribution in [1.29, 1.82) is 0 Å². The first-order valence-electron chi connectivity index (χ1n) is 10.2. The Hall–Kier alpha value is -0.830. The summed E-state index contributed by atoms with van der Waals surface area (Å²) in [6.07, 6.45) is 14.2. The summed E-state index contributed by atoms with van der Waals surface area (Å²) < 4.78 is 3.12. The second-order valence-electron chi connectivity index (χ2n) is 7.87. The van der Waals surface area contributed by atoms with Gasteiger partial charge < -0.3 is 0 Å². The van der Waals surface area contributed by atoms with Crippen LogP contribution in [-0.4, -0.2) is 0 Å². The molecule has 0 saturated heterocycles. The molecule has 0 amide bonds. The summed E-state index contributed by atoms with van der Waals surface area (Å²) in [7, 11) is 0. The van der Waals surface area contributed by atoms with Crippen molar-refractivity contribution in [3.63, 3.8) is 0 Å². The van der Waals surface area contributed by atoms with Crippen LogP contribution in [0.2, 0.25) is 0 Å². The predicted molar refractivity (Wildman–Crippen MR) is 102 cm³/mol. The van der Waals surface area contributed by atoms with E-state index in [1.165, 1.54) is 64.2 Å². The lowest BCUT2D eigenvalue weighted by molar-refractivity contribution is -0.597. The Labute approximate surface area is 163 Å². The zero-order chi connectivity index (χ0) is 16.9. The Morgan fingerprint density at radius 2 is 0.840 bits per heavy atom. The smallest absolute Gasteiger partial charge is 0.0542 e. The Bertz CT molecular complexity index is 584. The monoisotopic (exact) mass is 445 g/mol. The highest BCUT2D eigenvalue weighted by Gasteiger charge is 2.20. The quantitative estimate of drug-likeness (QED) is 0.627. The first-order valence-corrected chi connectivity index (χ1v) is 12.4. The number of hydrogen-bond donors (Lipinski definition) is 0. The molecule has 0 N–H and O–H groups in total. The fraction of sp³-hybridized carbons (Fsp3) is 0.500. The van der Waals surface area contributed by atoms with Crippen molar-refractivity contribution in [2.75, 3.05) is 0 Å². The van der Waals surface area contributed by atoms with Crippen molar-refractivity contribution in [2.24, 2.45) is 0 Å². The third kappa shape index (κ3) is 4.67. The average molecular weight is 445 g/mol. The molecule has 2 aromatic carbocycles. The van der Waals surface area contributed by atoms with Crippen LogP contribution in [-0.2, 0) is 0 Å². The van der Waals surface area contributed by atoms with Gasteiger partial charge in [0.15, 0.2) is 7.14 Å². The highest BCUT2D eigenvalue weighted by molar-refractivity contribution is 5.21. The van der Waals surface area contributed by atoms with E-state index in [4.69, 9.17) is 0 Å². The van der Waals surface area contributed by atoms with Crippen LogP contribution in [0.1, 0.15) is 87.2 Å². The van der Waals surface area contributed by atoms with Crippen LogP contribution in [0.3, 0.4) is 0 Å². The summed E-state index contributed by atoms with van der Waals surface area (Å²) >= 11 is -0.0341. The Balaban J connectivity index is 1.38. The molecule has 2 aliphatic carbocycles. The predicted octanol–water partition coefficient (Wildman–Crippen LogP) is 3.91. The fourth-order valence-corrected chi connectivity index (χ4v) is 6.75. The average Bonchev–Trinajstić information content (AvgIpc) is 2.71. The highest BCUT2D eigenvalue weighted by Crippen LogP contribution is 2.33. The lowest BCUT2D eigenvalue weighted by atomic mass is 9.84. The van der Waals surface area contributed by atoms with E-state index in [1.54, 1.807) is 18.3 Å². The molecule has 0 atom stereocenters. The Morgan fingerprint density at radius 1 is 0.480 bits per heavy atom. The second-order valence-corrected chi connectivity index (χ2v) is 10.9. The van der Waals surface area contributed by atoms with Gasteiger partial charge >= 0.3 is 21.2 Å². The van der Waals surface area contributed by atoms with Gasteiger partial charge in [0.1, 0.15) is 0 Å². The van der Waals surface area contributed by atoms with Crippen molar-refractivity contribution >= 4 is 0 Å². The molecule has 0 aromatic heterocycles. The van der Waals surface area contributed by atoms with Gasteiger partial charge in [-0.05, 0) is 72.9 Å². The Kier molecular flexibility index (Phi) is 6.12. The topological polar surface area (TPSA) is 0 Å². The maximum Gasteiger partial charge on any atom is 0.357 e. The SMILES string of the molecule is c1cc(C2CCCCC2)ccc1[I+]c1ccc(C2CCCCC2)cc1. The molecule has 0 nitrogen and oxygen atoms in total. The van der Waals surface area contributed by atoms with Gasteiger partial charge in [0.2, 0.25) is 0 Å². The lowest BCUT2D eigenvalue weighted by Crippen LogP contribution is -3.61. The standard InChI is InChI=1S/C24H30I/c1-3-7-19(8-4-1)21-11-15-23(16-12-21)25-24-17-13-22(14-18-24)20-9-5-2-6-10-20/h11-20H,1-10H2/q+1. The van der Waals surface area contributed by atoms with Gasteiger partial charge in [0.25, 0.3) is 0 Å². The molecule has 25 heavy (non-hydrogen) atoms. The van der Waals surface area contributed by atoms with E-state index in [-0.39, 0.29) is 21.2 Å². The number of rotatable bonds is 4. The molecule has 0 aliphatic heterocycles. The van der Waals surface area contributed by atoms with E-state index >= 15 is 0 Å². The van der Waals surface area contributed by atoms with Crippen LogP contribution in [0.4, 0.5) is 0 Å². The molecular formula is C24H30I+. The maximum atomic E-state index is 2.42. The van der Waals surface area contributed by atoms with Crippen LogP contribution < -0.4 is 21.2 Å². The van der Waals surface area contributed by atoms with Crippen molar-refractivity contribution in [3.05, 3.63) is 66.8 Å². The molecule has 2 fully saturated rings. The molecule has 132 valence electrons. The van der Waals surface area contributed by atoms with Crippen molar-refractivity contribution in [3.8, 4) is 0 Å². The molecule has 2 saturated carbocycles. The first-order chi connectivity index (χ1) is 12.4. The minimum absolute atomic E-state index is 0.0341. The number of hydrogen-bond acceptors (Lipinski definition) is 0. The van der Waals surface area contributed by atoms with Gasteiger partial charge in [-0.25, -0.2) is 0 Å². The molecule has 0 heterocycles. The minimum Gasteiger partial charge on any atom is -0.0542 e. The van der Waals surface area contributed by atoms with E-state index in [0.29, 0.717) is 0 Å². The van der Waals surface area contributed by atoms with Crippen LogP contribution in [0.5, 0.6) is 0 Å². The molecule has 2 aromatic rings. The van der Waals surface area contributed by atoms with Crippen LogP contribution in [0, 0.1) is 7.14 Å². The second kappa shape index (κ2) is 8.70. The van der Waals surface area contributed by atoms with E-state index in [9.17, 15) is 0 Å². The molecule has 2 aliphatic rings. The number of halogens is 1. The zero-order valence-corrected chi connectivity index (χ0v) is 17.4. The van der Waals surface area contributed by atoms with Gasteiger partial charge in [-0.3, -0.25) is 0 Å². The third-order valence-corrected chi connectivity index (χ3v) is 8.80. The first kappa shape index (κ1) is 17.6. The summed E-state index contributed by atoms with van der Waals surface area (Å²) in [5.74, 6) is 1.66. The van der Waals surface area contributed by atoms with Crippen molar-refractivity contribution < 1.29 is 21.2 Å². The fourth-order valence-electron chi connectivity index (χ4n) is 4.59. The van der Waals surface area contributed by atoms with E-state index in [1.807, 2.05) is 0 Å². The van der Waals surface area contributed by atoms with Gasteiger partial charge in [0, 0.05) is 0 Å². The van der Waals surface area contributed by atoms with E-state index in [2.05, 4.69) is 48.5 Å². The molecule has 0 spiro atoms. The molecule has 0 bridgehead atoms. The normalized spacial score (nSPS) is 19.8. The summed E-state index contributed by atoms with van der Waals surface area (Å²) in [6, 6.07) is 19.3. The summed E-state index contributed by atoms with van der Waals surface area (Å²) in [5, 5.41) is 0. The molecule has 0 unspecified atom stereocenters. The largest absolute Gasteiger partial charge is 0.357 e. The van der Waals surface area contributed by atoms with Crippen LogP contribution >= 0.6 is 0 Å². The maximum absolute atomic E-state index is 2.42. The third-order valence-electron chi connectivity index (χ3n) is 6.11. The minimum atomic E-state index is -0.0341. The molecule has 4 rings (SSSR count). The van der Waals surface area contributed by atoms with E-state index in [0.717, 1.165) is 11.8 Å². The summed E-state index contributed by atoms with van der Waals surface area (Å²) in [6.45, 7) is 0. The van der Waals surface area contributed by atoms with Gasteiger partial charge in [0.05, 0.1) is 0 Å². The zero-order valence-electron chi connectivity index (χ0n) is 15.2. The Morgan fingerprint density at radius 3 is 1.20 bits per heavy atom. The lowest BCUT2D eigenvalue weighted by Gasteiger charge is -2.21. The van der Waals surface area contributed by atoms with Crippen LogP contribution in [0.25, 0.3) is 0 Å². The van der Waals surface area contributed by atoms with Gasteiger partial charge in [-0.15, -0.1) is 0 Å². The van der Waals surface area contributed by atoms with Crippen molar-refractivity contribution in [2.45, 2.75) is 76.0 Å². The van der Waals surface area contributed by atoms with Gasteiger partial charge in [-0.1, -0.05) is 62.8 Å². The summed E-state index contributed by atoms with van der Waals surface area (Å²) in [4.78, 5) is 0.